The molecule has 4 rings (SSSR count). The first-order chi connectivity index (χ1) is 15.5. The molecule has 0 atom stereocenters. The van der Waals surface area contributed by atoms with Crippen LogP contribution in [0.2, 0.25) is 0 Å². The second-order valence-electron chi connectivity index (χ2n) is 10.4. The predicted octanol–water partition coefficient (Wildman–Crippen LogP) is 7.79. The molecule has 3 aliphatic rings. The van der Waals surface area contributed by atoms with Crippen molar-refractivity contribution in [3.8, 4) is 0 Å². The van der Waals surface area contributed by atoms with Crippen molar-refractivity contribution in [2.24, 2.45) is 23.7 Å². The third-order valence-corrected chi connectivity index (χ3v) is 8.28. The normalized spacial score (nSPS) is 30.3. The highest BCUT2D eigenvalue weighted by Crippen LogP contribution is 2.43. The average molecular weight is 453 g/mol. The van der Waals surface area contributed by atoms with Crippen LogP contribution in [0.15, 0.2) is 24.3 Å². The maximum absolute atomic E-state index is 12.7. The van der Waals surface area contributed by atoms with E-state index >= 15 is 0 Å². The molecule has 0 aromatic heterocycles. The minimum absolute atomic E-state index is 0.0410. The fourth-order valence-corrected chi connectivity index (χ4v) is 6.20. The molecule has 2 saturated carbocycles. The van der Waals surface area contributed by atoms with Crippen LogP contribution in [-0.2, 0) is 22.1 Å². The lowest BCUT2D eigenvalue weighted by molar-refractivity contribution is -0.183. The number of alkyl halides is 3. The molecule has 0 unspecified atom stereocenters. The van der Waals surface area contributed by atoms with E-state index < -0.39 is 11.7 Å². The molecule has 0 spiro atoms. The number of ether oxygens (including phenoxy) is 2. The summed E-state index contributed by atoms with van der Waals surface area (Å²) in [5.74, 6) is 3.38. The zero-order valence-corrected chi connectivity index (χ0v) is 19.3. The van der Waals surface area contributed by atoms with Crippen molar-refractivity contribution in [1.82, 2.24) is 0 Å². The lowest BCUT2D eigenvalue weighted by atomic mass is 9.68. The van der Waals surface area contributed by atoms with Gasteiger partial charge in [-0.1, -0.05) is 37.8 Å². The Labute approximate surface area is 191 Å². The van der Waals surface area contributed by atoms with Crippen LogP contribution in [0.4, 0.5) is 13.2 Å². The first-order valence-corrected chi connectivity index (χ1v) is 12.9. The zero-order valence-electron chi connectivity index (χ0n) is 19.3. The summed E-state index contributed by atoms with van der Waals surface area (Å²) < 4.78 is 49.5. The Kier molecular flexibility index (Phi) is 8.55. The summed E-state index contributed by atoms with van der Waals surface area (Å²) in [7, 11) is 0. The highest BCUT2D eigenvalue weighted by atomic mass is 19.4. The van der Waals surface area contributed by atoms with Crippen LogP contribution >= 0.6 is 0 Å². The van der Waals surface area contributed by atoms with E-state index in [0.717, 1.165) is 68.1 Å². The van der Waals surface area contributed by atoms with Gasteiger partial charge in [-0.2, -0.15) is 13.2 Å². The molecule has 0 N–H and O–H groups in total. The molecule has 32 heavy (non-hydrogen) atoms. The second kappa shape index (κ2) is 11.4. The quantitative estimate of drug-likeness (QED) is 0.420. The number of rotatable bonds is 7. The molecule has 0 radical (unpaired) electrons. The minimum Gasteiger partial charge on any atom is -0.353 e. The van der Waals surface area contributed by atoms with E-state index in [-0.39, 0.29) is 6.29 Å². The first-order valence-electron chi connectivity index (χ1n) is 12.9. The molecule has 5 heteroatoms. The Hall–Kier alpha value is -1.07. The number of hydrogen-bond acceptors (Lipinski definition) is 2. The van der Waals surface area contributed by atoms with Gasteiger partial charge in [0, 0.05) is 0 Å². The summed E-state index contributed by atoms with van der Waals surface area (Å²) >= 11 is 0. The van der Waals surface area contributed by atoms with E-state index in [1.807, 2.05) is 0 Å². The molecule has 2 aliphatic carbocycles. The van der Waals surface area contributed by atoms with Crippen LogP contribution in [0.25, 0.3) is 0 Å². The monoisotopic (exact) mass is 452 g/mol. The molecular formula is C27H39F3O2. The maximum Gasteiger partial charge on any atom is 0.416 e. The molecule has 0 bridgehead atoms. The van der Waals surface area contributed by atoms with E-state index in [9.17, 15) is 13.2 Å². The van der Waals surface area contributed by atoms with Gasteiger partial charge < -0.3 is 9.47 Å². The topological polar surface area (TPSA) is 18.5 Å². The molecule has 2 nitrogen and oxygen atoms in total. The second-order valence-corrected chi connectivity index (χ2v) is 10.4. The Morgan fingerprint density at radius 1 is 0.688 bits per heavy atom. The first kappa shape index (κ1) is 24.1. The highest BCUT2D eigenvalue weighted by molar-refractivity contribution is 5.24. The third-order valence-electron chi connectivity index (χ3n) is 8.28. The third kappa shape index (κ3) is 6.96. The molecule has 1 saturated heterocycles. The van der Waals surface area contributed by atoms with Crippen LogP contribution in [-0.4, -0.2) is 19.5 Å². The fourth-order valence-electron chi connectivity index (χ4n) is 6.20. The van der Waals surface area contributed by atoms with Gasteiger partial charge in [-0.15, -0.1) is 0 Å². The van der Waals surface area contributed by atoms with Crippen LogP contribution in [0.5, 0.6) is 0 Å². The number of halogens is 3. The van der Waals surface area contributed by atoms with Gasteiger partial charge in [0.05, 0.1) is 18.8 Å². The van der Waals surface area contributed by atoms with Crippen molar-refractivity contribution in [2.75, 3.05) is 13.2 Å². The van der Waals surface area contributed by atoms with Gasteiger partial charge in [0.15, 0.2) is 6.29 Å². The van der Waals surface area contributed by atoms with Crippen LogP contribution < -0.4 is 0 Å². The summed E-state index contributed by atoms with van der Waals surface area (Å²) in [6.45, 7) is 1.70. The smallest absolute Gasteiger partial charge is 0.353 e. The Balaban J connectivity index is 1.11. The van der Waals surface area contributed by atoms with Crippen molar-refractivity contribution >= 4 is 0 Å². The van der Waals surface area contributed by atoms with Crippen molar-refractivity contribution in [1.29, 1.82) is 0 Å². The lowest BCUT2D eigenvalue weighted by Crippen LogP contribution is -2.28. The van der Waals surface area contributed by atoms with Gasteiger partial charge in [-0.05, 0) is 99.2 Å². The molecule has 1 aromatic carbocycles. The van der Waals surface area contributed by atoms with Gasteiger partial charge in [-0.3, -0.25) is 0 Å². The van der Waals surface area contributed by atoms with E-state index in [0.29, 0.717) is 0 Å². The molecular weight excluding hydrogens is 413 g/mol. The summed E-state index contributed by atoms with van der Waals surface area (Å²) in [4.78, 5) is 0. The zero-order chi connectivity index (χ0) is 22.4. The van der Waals surface area contributed by atoms with E-state index in [1.165, 1.54) is 69.9 Å². The molecule has 3 fully saturated rings. The van der Waals surface area contributed by atoms with Crippen molar-refractivity contribution in [3.05, 3.63) is 35.4 Å². The molecule has 1 heterocycles. The summed E-state index contributed by atoms with van der Waals surface area (Å²) in [5, 5.41) is 0. The van der Waals surface area contributed by atoms with Gasteiger partial charge in [0.2, 0.25) is 0 Å². The molecule has 1 aliphatic heterocycles. The van der Waals surface area contributed by atoms with E-state index in [4.69, 9.17) is 9.47 Å². The van der Waals surface area contributed by atoms with Crippen molar-refractivity contribution in [3.63, 3.8) is 0 Å². The van der Waals surface area contributed by atoms with Gasteiger partial charge in [0.1, 0.15) is 0 Å². The van der Waals surface area contributed by atoms with Crippen molar-refractivity contribution < 1.29 is 22.6 Å². The van der Waals surface area contributed by atoms with E-state index in [2.05, 4.69) is 0 Å². The Bertz CT molecular complexity index is 665. The Morgan fingerprint density at radius 2 is 1.22 bits per heavy atom. The van der Waals surface area contributed by atoms with Gasteiger partial charge >= 0.3 is 6.18 Å². The summed E-state index contributed by atoms with van der Waals surface area (Å²) in [5.41, 5.74) is 0.481. The van der Waals surface area contributed by atoms with Crippen LogP contribution in [0, 0.1) is 23.7 Å². The van der Waals surface area contributed by atoms with Crippen molar-refractivity contribution in [2.45, 2.75) is 95.9 Å². The van der Waals surface area contributed by atoms with E-state index in [1.54, 1.807) is 12.1 Å². The van der Waals surface area contributed by atoms with Crippen LogP contribution in [0.3, 0.4) is 0 Å². The predicted molar refractivity (Wildman–Crippen MR) is 120 cm³/mol. The number of hydrogen-bond donors (Lipinski definition) is 0. The lowest BCUT2D eigenvalue weighted by Gasteiger charge is -2.38. The fraction of sp³-hybridized carbons (Fsp3) is 0.778. The van der Waals surface area contributed by atoms with Gasteiger partial charge in [0.25, 0.3) is 0 Å². The number of aryl methyl sites for hydroxylation is 1. The summed E-state index contributed by atoms with van der Waals surface area (Å²) in [6, 6.07) is 5.74. The largest absolute Gasteiger partial charge is 0.416 e. The molecule has 1 aromatic rings. The standard InChI is InChI=1S/C27H39F3O2/c28-27(29,30)25-15-8-21(9-16-25)3-2-20-4-11-23(12-5-20)24-13-6-22(7-14-24)10-17-26-31-18-1-19-32-26/h8-9,15-16,20,22-24,26H,1-7,10-14,17-19H2. The maximum atomic E-state index is 12.7. The average Bonchev–Trinajstić information content (AvgIpc) is 2.82. The van der Waals surface area contributed by atoms with Crippen LogP contribution in [0.1, 0.15) is 88.2 Å². The molecule has 0 amide bonds. The Morgan fingerprint density at radius 3 is 1.75 bits per heavy atom. The number of benzene rings is 1. The highest BCUT2D eigenvalue weighted by Gasteiger charge is 2.32. The molecule has 180 valence electrons. The minimum atomic E-state index is -4.24. The summed E-state index contributed by atoms with van der Waals surface area (Å²) in [6.07, 6.45) is 11.9. The van der Waals surface area contributed by atoms with Gasteiger partial charge in [-0.25, -0.2) is 0 Å². The SMILES string of the molecule is FC(F)(F)c1ccc(CCC2CCC(C3CCC(CCC4OCCCO4)CC3)CC2)cc1.